The van der Waals surface area contributed by atoms with Gasteiger partial charge in [0.1, 0.15) is 11.9 Å². The van der Waals surface area contributed by atoms with Crippen LogP contribution in [0.5, 0.6) is 0 Å². The number of rotatable bonds is 3. The van der Waals surface area contributed by atoms with Crippen molar-refractivity contribution in [1.29, 1.82) is 5.26 Å². The highest BCUT2D eigenvalue weighted by Crippen LogP contribution is 2.39. The molecule has 3 aromatic rings. The molecule has 138 valence electrons. The molecule has 1 saturated heterocycles. The molecule has 3 heterocycles. The number of pyridine rings is 1. The summed E-state index contributed by atoms with van der Waals surface area (Å²) in [6.45, 7) is 3.06. The van der Waals surface area contributed by atoms with Crippen LogP contribution in [0.1, 0.15) is 22.6 Å². The molecule has 0 unspecified atom stereocenters. The van der Waals surface area contributed by atoms with Crippen molar-refractivity contribution >= 4 is 16.6 Å². The van der Waals surface area contributed by atoms with E-state index in [1.807, 2.05) is 26.4 Å². The minimum absolute atomic E-state index is 0.0126. The Morgan fingerprint density at radius 1 is 1.33 bits per heavy atom. The van der Waals surface area contributed by atoms with Gasteiger partial charge in [-0.3, -0.25) is 9.67 Å². The molecule has 1 aliphatic rings. The van der Waals surface area contributed by atoms with Gasteiger partial charge in [0.2, 0.25) is 0 Å². The first-order valence-corrected chi connectivity index (χ1v) is 8.85. The van der Waals surface area contributed by atoms with Crippen LogP contribution >= 0.6 is 0 Å². The number of nitriles is 1. The van der Waals surface area contributed by atoms with Gasteiger partial charge in [0.25, 0.3) is 0 Å². The summed E-state index contributed by atoms with van der Waals surface area (Å²) in [7, 11) is 1.86. The molecular weight excluding hydrogens is 345 g/mol. The Hall–Kier alpha value is -2.98. The summed E-state index contributed by atoms with van der Waals surface area (Å²) in [4.78, 5) is 6.44. The lowest BCUT2D eigenvalue weighted by molar-refractivity contribution is 0.227. The van der Waals surface area contributed by atoms with E-state index in [0.717, 1.165) is 11.1 Å². The van der Waals surface area contributed by atoms with Gasteiger partial charge in [0.05, 0.1) is 23.0 Å². The Balaban J connectivity index is 1.83. The number of nitrogens with zero attached hydrogens (tertiary/aromatic N) is 5. The Bertz CT molecular complexity index is 1050. The average Bonchev–Trinajstić information content (AvgIpc) is 3.26. The van der Waals surface area contributed by atoms with E-state index in [0.29, 0.717) is 35.2 Å². The molecule has 0 amide bonds. The van der Waals surface area contributed by atoms with Crippen LogP contribution in [-0.2, 0) is 7.05 Å². The predicted molar refractivity (Wildman–Crippen MR) is 99.9 cm³/mol. The second-order valence-corrected chi connectivity index (χ2v) is 7.15. The Kier molecular flexibility index (Phi) is 4.28. The van der Waals surface area contributed by atoms with Crippen molar-refractivity contribution in [1.82, 2.24) is 14.8 Å². The number of hydrogen-bond acceptors (Lipinski definition) is 5. The Labute approximate surface area is 156 Å². The molecular formula is C20H20FN5O. The fourth-order valence-electron chi connectivity index (χ4n) is 4.09. The average molecular weight is 365 g/mol. The SMILES string of the molecule is Cc1cc(F)cc2c(N3C[C@@H](CO)[C@H](c4cnn(C)c4)C3)c(C#N)cnc12. The van der Waals surface area contributed by atoms with Gasteiger partial charge in [-0.05, 0) is 30.2 Å². The number of aliphatic hydroxyl groups is 1. The molecule has 1 aliphatic heterocycles. The van der Waals surface area contributed by atoms with Gasteiger partial charge in [-0.2, -0.15) is 10.4 Å². The van der Waals surface area contributed by atoms with Crippen LogP contribution in [0.4, 0.5) is 10.1 Å². The van der Waals surface area contributed by atoms with Crippen LogP contribution in [0.2, 0.25) is 0 Å². The van der Waals surface area contributed by atoms with E-state index in [1.54, 1.807) is 10.9 Å². The number of aryl methyl sites for hydroxylation is 2. The number of fused-ring (bicyclic) bond motifs is 1. The van der Waals surface area contributed by atoms with Crippen molar-refractivity contribution in [2.45, 2.75) is 12.8 Å². The summed E-state index contributed by atoms with van der Waals surface area (Å²) in [5.74, 6) is -0.244. The maximum atomic E-state index is 14.1. The molecule has 27 heavy (non-hydrogen) atoms. The van der Waals surface area contributed by atoms with E-state index in [1.165, 1.54) is 12.1 Å². The second kappa shape index (κ2) is 6.63. The van der Waals surface area contributed by atoms with Gasteiger partial charge in [-0.15, -0.1) is 0 Å². The monoisotopic (exact) mass is 365 g/mol. The van der Waals surface area contributed by atoms with Crippen LogP contribution in [0.25, 0.3) is 10.9 Å². The molecule has 2 aromatic heterocycles. The molecule has 0 spiro atoms. The maximum Gasteiger partial charge on any atom is 0.124 e. The number of aliphatic hydroxyl groups excluding tert-OH is 1. The lowest BCUT2D eigenvalue weighted by Gasteiger charge is -2.22. The van der Waals surface area contributed by atoms with Crippen molar-refractivity contribution < 1.29 is 9.50 Å². The Morgan fingerprint density at radius 2 is 2.15 bits per heavy atom. The van der Waals surface area contributed by atoms with Crippen LogP contribution in [0.3, 0.4) is 0 Å². The molecule has 0 aliphatic carbocycles. The second-order valence-electron chi connectivity index (χ2n) is 7.15. The number of halogens is 1. The standard InChI is InChI=1S/C20H20FN5O/c1-12-3-16(21)4-17-19(12)23-6-13(5-22)20(17)26-9-15(11-27)18(10-26)14-7-24-25(2)8-14/h3-4,6-8,15,18,27H,9-11H2,1-2H3/t15-,18-/m0/s1. The molecule has 0 radical (unpaired) electrons. The number of hydrogen-bond donors (Lipinski definition) is 1. The predicted octanol–water partition coefficient (Wildman–Crippen LogP) is 2.50. The summed E-state index contributed by atoms with van der Waals surface area (Å²) in [5.41, 5.74) is 3.58. The first-order chi connectivity index (χ1) is 13.0. The van der Waals surface area contributed by atoms with E-state index in [9.17, 15) is 14.8 Å². The Morgan fingerprint density at radius 3 is 2.81 bits per heavy atom. The fourth-order valence-corrected chi connectivity index (χ4v) is 4.09. The van der Waals surface area contributed by atoms with E-state index < -0.39 is 0 Å². The van der Waals surface area contributed by atoms with Crippen molar-refractivity contribution in [2.24, 2.45) is 13.0 Å². The van der Waals surface area contributed by atoms with Crippen molar-refractivity contribution in [3.05, 3.63) is 53.2 Å². The highest BCUT2D eigenvalue weighted by Gasteiger charge is 2.36. The number of benzene rings is 1. The van der Waals surface area contributed by atoms with E-state index in [-0.39, 0.29) is 24.3 Å². The highest BCUT2D eigenvalue weighted by atomic mass is 19.1. The molecule has 2 atom stereocenters. The van der Waals surface area contributed by atoms with E-state index in [2.05, 4.69) is 21.1 Å². The van der Waals surface area contributed by atoms with Crippen LogP contribution in [-0.4, -0.2) is 39.6 Å². The molecule has 1 N–H and O–H groups in total. The summed E-state index contributed by atoms with van der Waals surface area (Å²) < 4.78 is 15.9. The molecule has 6 nitrogen and oxygen atoms in total. The topological polar surface area (TPSA) is 78.0 Å². The van der Waals surface area contributed by atoms with Crippen molar-refractivity contribution in [3.63, 3.8) is 0 Å². The molecule has 4 rings (SSSR count). The molecule has 0 bridgehead atoms. The van der Waals surface area contributed by atoms with Crippen LogP contribution < -0.4 is 4.90 Å². The third-order valence-electron chi connectivity index (χ3n) is 5.36. The smallest absolute Gasteiger partial charge is 0.124 e. The maximum absolute atomic E-state index is 14.1. The summed E-state index contributed by atoms with van der Waals surface area (Å²) in [5, 5.41) is 24.4. The van der Waals surface area contributed by atoms with Gasteiger partial charge < -0.3 is 10.0 Å². The molecule has 0 saturated carbocycles. The number of aromatic nitrogens is 3. The first kappa shape index (κ1) is 17.4. The molecule has 7 heteroatoms. The van der Waals surface area contributed by atoms with Gasteiger partial charge in [-0.25, -0.2) is 4.39 Å². The molecule has 1 fully saturated rings. The largest absolute Gasteiger partial charge is 0.396 e. The number of anilines is 1. The van der Waals surface area contributed by atoms with Crippen molar-refractivity contribution in [3.8, 4) is 6.07 Å². The minimum atomic E-state index is -0.347. The van der Waals surface area contributed by atoms with Gasteiger partial charge in [-0.1, -0.05) is 0 Å². The third-order valence-corrected chi connectivity index (χ3v) is 5.36. The van der Waals surface area contributed by atoms with E-state index in [4.69, 9.17) is 0 Å². The van der Waals surface area contributed by atoms with Gasteiger partial charge in [0.15, 0.2) is 0 Å². The zero-order chi connectivity index (χ0) is 19.1. The lowest BCUT2D eigenvalue weighted by atomic mass is 9.92. The summed E-state index contributed by atoms with van der Waals surface area (Å²) in [6.07, 6.45) is 5.32. The van der Waals surface area contributed by atoms with Gasteiger partial charge in [0, 0.05) is 56.4 Å². The zero-order valence-electron chi connectivity index (χ0n) is 15.2. The normalized spacial score (nSPS) is 19.6. The van der Waals surface area contributed by atoms with Gasteiger partial charge >= 0.3 is 0 Å². The minimum Gasteiger partial charge on any atom is -0.396 e. The quantitative estimate of drug-likeness (QED) is 0.772. The fraction of sp³-hybridized carbons (Fsp3) is 0.350. The lowest BCUT2D eigenvalue weighted by Crippen LogP contribution is -2.22. The van der Waals surface area contributed by atoms with Crippen LogP contribution in [0.15, 0.2) is 30.7 Å². The zero-order valence-corrected chi connectivity index (χ0v) is 15.2. The first-order valence-electron chi connectivity index (χ1n) is 8.85. The summed E-state index contributed by atoms with van der Waals surface area (Å²) in [6, 6.07) is 5.08. The van der Waals surface area contributed by atoms with Crippen LogP contribution in [0, 0.1) is 30.0 Å². The molecule has 1 aromatic carbocycles. The third kappa shape index (κ3) is 2.92. The van der Waals surface area contributed by atoms with Crippen molar-refractivity contribution in [2.75, 3.05) is 24.6 Å². The van der Waals surface area contributed by atoms with E-state index >= 15 is 0 Å². The summed E-state index contributed by atoms with van der Waals surface area (Å²) >= 11 is 0. The highest BCUT2D eigenvalue weighted by molar-refractivity contribution is 5.96.